The number of hydrogen-bond donors (Lipinski definition) is 1. The zero-order valence-electron chi connectivity index (χ0n) is 12.3. The van der Waals surface area contributed by atoms with E-state index in [0.29, 0.717) is 19.1 Å². The summed E-state index contributed by atoms with van der Waals surface area (Å²) in [5.74, 6) is 0.377. The van der Waals surface area contributed by atoms with Gasteiger partial charge in [-0.1, -0.05) is 30.3 Å². The van der Waals surface area contributed by atoms with Crippen LogP contribution < -0.4 is 5.32 Å². The van der Waals surface area contributed by atoms with Gasteiger partial charge in [0.15, 0.2) is 0 Å². The number of rotatable bonds is 8. The van der Waals surface area contributed by atoms with Crippen LogP contribution in [0.2, 0.25) is 0 Å². The van der Waals surface area contributed by atoms with Crippen molar-refractivity contribution in [2.24, 2.45) is 0 Å². The molecule has 1 atom stereocenters. The first-order valence-electron chi connectivity index (χ1n) is 7.03. The van der Waals surface area contributed by atoms with Gasteiger partial charge in [-0.05, 0) is 18.9 Å². The van der Waals surface area contributed by atoms with Gasteiger partial charge in [-0.2, -0.15) is 0 Å². The van der Waals surface area contributed by atoms with Gasteiger partial charge in [0, 0.05) is 13.2 Å². The predicted octanol–water partition coefficient (Wildman–Crippen LogP) is 2.96. The smallest absolute Gasteiger partial charge is 0.305 e. The lowest BCUT2D eigenvalue weighted by atomic mass is 10.1. The molecule has 0 saturated heterocycles. The standard InChI is InChI=1S/C15H18N4O3/c1-12(13-6-3-2-4-7-13)22-9-5-8-16-15-17-10-14(11-18-15)19(20)21/h2-4,6-7,10-12H,5,8-9H2,1H3,(H,16,17,18)/t12-/m1/s1. The Bertz CT molecular complexity index is 589. The second kappa shape index (κ2) is 8.04. The fraction of sp³-hybridized carbons (Fsp3) is 0.333. The first kappa shape index (κ1) is 15.8. The van der Waals surface area contributed by atoms with E-state index in [2.05, 4.69) is 15.3 Å². The fourth-order valence-electron chi connectivity index (χ4n) is 1.86. The van der Waals surface area contributed by atoms with Crippen molar-refractivity contribution < 1.29 is 9.66 Å². The van der Waals surface area contributed by atoms with E-state index in [9.17, 15) is 10.1 Å². The molecule has 1 aromatic heterocycles. The number of nitrogens with zero attached hydrogens (tertiary/aromatic N) is 3. The average molecular weight is 302 g/mol. The molecule has 1 N–H and O–H groups in total. The van der Waals surface area contributed by atoms with Gasteiger partial charge in [0.25, 0.3) is 0 Å². The first-order chi connectivity index (χ1) is 10.7. The van der Waals surface area contributed by atoms with Gasteiger partial charge in [-0.3, -0.25) is 10.1 Å². The van der Waals surface area contributed by atoms with Gasteiger partial charge in [-0.15, -0.1) is 0 Å². The zero-order chi connectivity index (χ0) is 15.8. The summed E-state index contributed by atoms with van der Waals surface area (Å²) in [5.41, 5.74) is 1.03. The lowest BCUT2D eigenvalue weighted by Gasteiger charge is -2.13. The summed E-state index contributed by atoms with van der Waals surface area (Å²) in [6, 6.07) is 10.0. The molecule has 0 fully saturated rings. The molecule has 0 saturated carbocycles. The molecule has 7 nitrogen and oxygen atoms in total. The van der Waals surface area contributed by atoms with Gasteiger partial charge < -0.3 is 10.1 Å². The molecule has 1 aromatic carbocycles. The lowest BCUT2D eigenvalue weighted by Crippen LogP contribution is -2.09. The Hall–Kier alpha value is -2.54. The summed E-state index contributed by atoms with van der Waals surface area (Å²) in [7, 11) is 0. The maximum absolute atomic E-state index is 10.5. The van der Waals surface area contributed by atoms with Crippen molar-refractivity contribution in [2.45, 2.75) is 19.4 Å². The van der Waals surface area contributed by atoms with Crippen molar-refractivity contribution in [1.29, 1.82) is 0 Å². The number of ether oxygens (including phenoxy) is 1. The normalized spacial score (nSPS) is 11.9. The first-order valence-corrected chi connectivity index (χ1v) is 7.03. The molecule has 0 bridgehead atoms. The molecule has 22 heavy (non-hydrogen) atoms. The van der Waals surface area contributed by atoms with Crippen molar-refractivity contribution >= 4 is 11.6 Å². The Morgan fingerprint density at radius 1 is 1.27 bits per heavy atom. The number of aromatic nitrogens is 2. The molecule has 0 aliphatic rings. The quantitative estimate of drug-likeness (QED) is 0.458. The molecule has 7 heteroatoms. The van der Waals surface area contributed by atoms with Crippen LogP contribution in [0.4, 0.5) is 11.6 Å². The minimum absolute atomic E-state index is 0.0526. The van der Waals surface area contributed by atoms with Crippen molar-refractivity contribution in [3.8, 4) is 0 Å². The van der Waals surface area contributed by atoms with E-state index in [1.807, 2.05) is 37.3 Å². The Morgan fingerprint density at radius 2 is 1.95 bits per heavy atom. The van der Waals surface area contributed by atoms with E-state index in [0.717, 1.165) is 12.0 Å². The molecule has 0 aliphatic heterocycles. The highest BCUT2D eigenvalue weighted by molar-refractivity contribution is 5.30. The van der Waals surface area contributed by atoms with Crippen molar-refractivity contribution in [3.63, 3.8) is 0 Å². The number of benzene rings is 1. The van der Waals surface area contributed by atoms with Crippen molar-refractivity contribution in [2.75, 3.05) is 18.5 Å². The van der Waals surface area contributed by atoms with Crippen LogP contribution in [0.5, 0.6) is 0 Å². The van der Waals surface area contributed by atoms with Gasteiger partial charge in [0.1, 0.15) is 12.4 Å². The molecule has 2 aromatic rings. The third-order valence-corrected chi connectivity index (χ3v) is 3.09. The summed E-state index contributed by atoms with van der Waals surface area (Å²) in [6.45, 7) is 3.26. The zero-order valence-corrected chi connectivity index (χ0v) is 12.3. The molecule has 0 amide bonds. The van der Waals surface area contributed by atoms with Crippen LogP contribution in [0, 0.1) is 10.1 Å². The maximum atomic E-state index is 10.5. The van der Waals surface area contributed by atoms with E-state index in [1.165, 1.54) is 12.4 Å². The molecule has 2 rings (SSSR count). The monoisotopic (exact) mass is 302 g/mol. The summed E-state index contributed by atoms with van der Waals surface area (Å²) >= 11 is 0. The SMILES string of the molecule is C[C@@H](OCCCNc1ncc([N+](=O)[O-])cn1)c1ccccc1. The topological polar surface area (TPSA) is 90.2 Å². The molecule has 0 unspecified atom stereocenters. The van der Waals surface area contributed by atoms with E-state index in [1.54, 1.807) is 0 Å². The van der Waals surface area contributed by atoms with Crippen molar-refractivity contribution in [3.05, 3.63) is 58.4 Å². The molecular weight excluding hydrogens is 284 g/mol. The summed E-state index contributed by atoms with van der Waals surface area (Å²) in [5, 5.41) is 13.5. The summed E-state index contributed by atoms with van der Waals surface area (Å²) in [4.78, 5) is 17.7. The van der Waals surface area contributed by atoms with Gasteiger partial charge in [0.05, 0.1) is 11.0 Å². The second-order valence-electron chi connectivity index (χ2n) is 4.73. The Morgan fingerprint density at radius 3 is 2.59 bits per heavy atom. The van der Waals surface area contributed by atoms with E-state index in [-0.39, 0.29) is 11.8 Å². The molecule has 0 spiro atoms. The fourth-order valence-corrected chi connectivity index (χ4v) is 1.86. The Kier molecular flexibility index (Phi) is 5.79. The summed E-state index contributed by atoms with van der Waals surface area (Å²) < 4.78 is 5.75. The molecule has 116 valence electrons. The average Bonchev–Trinajstić information content (AvgIpc) is 2.55. The minimum Gasteiger partial charge on any atom is -0.374 e. The number of anilines is 1. The van der Waals surface area contributed by atoms with Crippen LogP contribution in [0.1, 0.15) is 25.0 Å². The van der Waals surface area contributed by atoms with Crippen molar-refractivity contribution in [1.82, 2.24) is 9.97 Å². The highest BCUT2D eigenvalue weighted by Gasteiger charge is 2.06. The minimum atomic E-state index is -0.525. The van der Waals surface area contributed by atoms with Crippen LogP contribution in [0.3, 0.4) is 0 Å². The maximum Gasteiger partial charge on any atom is 0.305 e. The largest absolute Gasteiger partial charge is 0.374 e. The number of hydrogen-bond acceptors (Lipinski definition) is 6. The Labute approximate surface area is 128 Å². The van der Waals surface area contributed by atoms with Crippen LogP contribution in [-0.4, -0.2) is 28.0 Å². The van der Waals surface area contributed by atoms with Gasteiger partial charge in [-0.25, -0.2) is 9.97 Å². The third-order valence-electron chi connectivity index (χ3n) is 3.09. The van der Waals surface area contributed by atoms with Crippen LogP contribution in [0.25, 0.3) is 0 Å². The predicted molar refractivity (Wildman–Crippen MR) is 82.6 cm³/mol. The van der Waals surface area contributed by atoms with Crippen LogP contribution in [0.15, 0.2) is 42.7 Å². The lowest BCUT2D eigenvalue weighted by molar-refractivity contribution is -0.385. The Balaban J connectivity index is 1.66. The molecule has 0 aliphatic carbocycles. The second-order valence-corrected chi connectivity index (χ2v) is 4.73. The molecule has 1 heterocycles. The van der Waals surface area contributed by atoms with E-state index >= 15 is 0 Å². The molecule has 0 radical (unpaired) electrons. The highest BCUT2D eigenvalue weighted by Crippen LogP contribution is 2.15. The van der Waals surface area contributed by atoms with E-state index < -0.39 is 4.92 Å². The third kappa shape index (κ3) is 4.78. The number of nitrogens with one attached hydrogen (secondary N) is 1. The van der Waals surface area contributed by atoms with Gasteiger partial charge >= 0.3 is 5.69 Å². The van der Waals surface area contributed by atoms with Gasteiger partial charge in [0.2, 0.25) is 5.95 Å². The highest BCUT2D eigenvalue weighted by atomic mass is 16.6. The summed E-state index contributed by atoms with van der Waals surface area (Å²) in [6.07, 6.45) is 3.21. The van der Waals surface area contributed by atoms with E-state index in [4.69, 9.17) is 4.74 Å². The van der Waals surface area contributed by atoms with Crippen LogP contribution in [-0.2, 0) is 4.74 Å². The van der Waals surface area contributed by atoms with Crippen LogP contribution >= 0.6 is 0 Å². The molecular formula is C15H18N4O3. The number of nitro groups is 1.